The van der Waals surface area contributed by atoms with E-state index in [0.717, 1.165) is 18.9 Å². The molecule has 0 saturated heterocycles. The molecule has 3 nitrogen and oxygen atoms in total. The first-order valence-corrected chi connectivity index (χ1v) is 9.72. The van der Waals surface area contributed by atoms with Gasteiger partial charge in [0.25, 0.3) is 0 Å². The lowest BCUT2D eigenvalue weighted by Gasteiger charge is -2.35. The Morgan fingerprint density at radius 3 is 2.92 bits per heavy atom. The maximum atomic E-state index is 12.5. The molecule has 24 heavy (non-hydrogen) atoms. The first kappa shape index (κ1) is 15.9. The summed E-state index contributed by atoms with van der Waals surface area (Å²) in [5.41, 5.74) is 3.92. The number of carbonyl (C=O) groups is 1. The van der Waals surface area contributed by atoms with Gasteiger partial charge in [0.2, 0.25) is 5.91 Å². The van der Waals surface area contributed by atoms with Gasteiger partial charge in [0.15, 0.2) is 0 Å². The molecule has 126 valence electrons. The quantitative estimate of drug-likeness (QED) is 0.900. The zero-order valence-corrected chi connectivity index (χ0v) is 14.9. The molecule has 1 saturated carbocycles. The average Bonchev–Trinajstić information content (AvgIpc) is 3.30. The minimum atomic E-state index is 0.141. The van der Waals surface area contributed by atoms with Crippen LogP contribution in [-0.2, 0) is 17.8 Å². The van der Waals surface area contributed by atoms with Gasteiger partial charge < -0.3 is 5.32 Å². The summed E-state index contributed by atoms with van der Waals surface area (Å²) in [6.07, 6.45) is 3.70. The van der Waals surface area contributed by atoms with Crippen molar-refractivity contribution >= 4 is 17.2 Å². The second-order valence-corrected chi connectivity index (χ2v) is 8.01. The van der Waals surface area contributed by atoms with Crippen molar-refractivity contribution in [1.82, 2.24) is 10.2 Å². The van der Waals surface area contributed by atoms with Crippen LogP contribution < -0.4 is 5.32 Å². The summed E-state index contributed by atoms with van der Waals surface area (Å²) in [4.78, 5) is 16.4. The van der Waals surface area contributed by atoms with E-state index in [9.17, 15) is 4.79 Å². The molecule has 4 heteroatoms. The molecular formula is C20H24N2OS. The van der Waals surface area contributed by atoms with Crippen LogP contribution in [0, 0.1) is 12.8 Å². The van der Waals surface area contributed by atoms with E-state index in [2.05, 4.69) is 40.7 Å². The van der Waals surface area contributed by atoms with Gasteiger partial charge in [-0.05, 0) is 60.2 Å². The zero-order chi connectivity index (χ0) is 16.5. The van der Waals surface area contributed by atoms with Crippen molar-refractivity contribution in [1.29, 1.82) is 0 Å². The van der Waals surface area contributed by atoms with Crippen molar-refractivity contribution < 1.29 is 4.79 Å². The third kappa shape index (κ3) is 3.26. The molecule has 1 aliphatic heterocycles. The molecule has 2 aromatic rings. The Bertz CT molecular complexity index is 735. The fourth-order valence-electron chi connectivity index (χ4n) is 3.78. The third-order valence-electron chi connectivity index (χ3n) is 5.27. The van der Waals surface area contributed by atoms with Crippen LogP contribution in [0.4, 0.5) is 0 Å². The van der Waals surface area contributed by atoms with E-state index in [-0.39, 0.29) is 5.91 Å². The van der Waals surface area contributed by atoms with Crippen molar-refractivity contribution in [3.8, 4) is 0 Å². The first-order chi connectivity index (χ1) is 11.7. The van der Waals surface area contributed by atoms with Crippen molar-refractivity contribution in [3.63, 3.8) is 0 Å². The van der Waals surface area contributed by atoms with E-state index in [1.54, 1.807) is 0 Å². The SMILES string of the molecule is Cc1ccccc1CNC(=O)CN1CCc2sccc2[C@H]1C1CC1. The molecule has 1 fully saturated rings. The van der Waals surface area contributed by atoms with E-state index in [0.29, 0.717) is 19.1 Å². The Labute approximate surface area is 147 Å². The number of thiophene rings is 1. The fourth-order valence-corrected chi connectivity index (χ4v) is 4.70. The topological polar surface area (TPSA) is 32.3 Å². The fraction of sp³-hybridized carbons (Fsp3) is 0.450. The lowest BCUT2D eigenvalue weighted by molar-refractivity contribution is -0.123. The normalized spacial score (nSPS) is 20.6. The minimum absolute atomic E-state index is 0.141. The van der Waals surface area contributed by atoms with Crippen LogP contribution in [-0.4, -0.2) is 23.9 Å². The van der Waals surface area contributed by atoms with Crippen LogP contribution >= 0.6 is 11.3 Å². The number of nitrogens with one attached hydrogen (secondary N) is 1. The molecule has 1 aromatic carbocycles. The number of nitrogens with zero attached hydrogens (tertiary/aromatic N) is 1. The molecule has 4 rings (SSSR count). The van der Waals surface area contributed by atoms with E-state index in [4.69, 9.17) is 0 Å². The van der Waals surface area contributed by atoms with Gasteiger partial charge in [0.1, 0.15) is 0 Å². The van der Waals surface area contributed by atoms with Gasteiger partial charge in [-0.2, -0.15) is 0 Å². The standard InChI is InChI=1S/C20H24N2OS/c1-14-4-2-3-5-16(14)12-21-19(23)13-22-10-8-18-17(9-11-24-18)20(22)15-6-7-15/h2-5,9,11,15,20H,6-8,10,12-13H2,1H3,(H,21,23)/t20-/m1/s1. The van der Waals surface area contributed by atoms with Gasteiger partial charge in [-0.3, -0.25) is 9.69 Å². The zero-order valence-electron chi connectivity index (χ0n) is 14.1. The molecule has 0 radical (unpaired) electrons. The van der Waals surface area contributed by atoms with Gasteiger partial charge >= 0.3 is 0 Å². The Kier molecular flexibility index (Phi) is 4.42. The van der Waals surface area contributed by atoms with E-state index in [1.165, 1.54) is 34.4 Å². The predicted molar refractivity (Wildman–Crippen MR) is 98.1 cm³/mol. The van der Waals surface area contributed by atoms with Gasteiger partial charge in [-0.15, -0.1) is 11.3 Å². The molecule has 0 unspecified atom stereocenters. The Morgan fingerprint density at radius 1 is 1.29 bits per heavy atom. The maximum absolute atomic E-state index is 12.5. The second-order valence-electron chi connectivity index (χ2n) is 7.01. The molecule has 1 N–H and O–H groups in total. The number of carbonyl (C=O) groups excluding carboxylic acids is 1. The lowest BCUT2D eigenvalue weighted by Crippen LogP contribution is -2.42. The van der Waals surface area contributed by atoms with Crippen molar-refractivity contribution in [3.05, 3.63) is 57.3 Å². The largest absolute Gasteiger partial charge is 0.351 e. The van der Waals surface area contributed by atoms with Crippen LogP contribution in [0.1, 0.15) is 40.5 Å². The monoisotopic (exact) mass is 340 g/mol. The van der Waals surface area contributed by atoms with Crippen LogP contribution in [0.25, 0.3) is 0 Å². The third-order valence-corrected chi connectivity index (χ3v) is 6.27. The van der Waals surface area contributed by atoms with E-state index in [1.807, 2.05) is 23.5 Å². The Morgan fingerprint density at radius 2 is 2.12 bits per heavy atom. The minimum Gasteiger partial charge on any atom is -0.351 e. The molecule has 1 amide bonds. The lowest BCUT2D eigenvalue weighted by atomic mass is 9.96. The molecule has 0 spiro atoms. The summed E-state index contributed by atoms with van der Waals surface area (Å²) in [6.45, 7) is 4.24. The molecule has 1 aromatic heterocycles. The number of fused-ring (bicyclic) bond motifs is 1. The number of benzene rings is 1. The number of rotatable bonds is 5. The molecule has 1 aliphatic carbocycles. The highest BCUT2D eigenvalue weighted by atomic mass is 32.1. The van der Waals surface area contributed by atoms with Gasteiger partial charge in [0.05, 0.1) is 6.54 Å². The summed E-state index contributed by atoms with van der Waals surface area (Å²) >= 11 is 1.88. The average molecular weight is 340 g/mol. The highest BCUT2D eigenvalue weighted by molar-refractivity contribution is 7.10. The van der Waals surface area contributed by atoms with Crippen molar-refractivity contribution in [2.24, 2.45) is 5.92 Å². The summed E-state index contributed by atoms with van der Waals surface area (Å²) in [5.74, 6) is 0.894. The maximum Gasteiger partial charge on any atom is 0.234 e. The van der Waals surface area contributed by atoms with Crippen LogP contribution in [0.5, 0.6) is 0 Å². The first-order valence-electron chi connectivity index (χ1n) is 8.84. The molecule has 0 bridgehead atoms. The number of hydrogen-bond donors (Lipinski definition) is 1. The predicted octanol–water partition coefficient (Wildman–Crippen LogP) is 3.68. The number of hydrogen-bond acceptors (Lipinski definition) is 3. The number of amides is 1. The number of aryl methyl sites for hydroxylation is 1. The Hall–Kier alpha value is -1.65. The summed E-state index contributed by atoms with van der Waals surface area (Å²) in [6, 6.07) is 11.0. The van der Waals surface area contributed by atoms with Gasteiger partial charge in [-0.1, -0.05) is 24.3 Å². The summed E-state index contributed by atoms with van der Waals surface area (Å²) < 4.78 is 0. The molecule has 2 aliphatic rings. The highest BCUT2D eigenvalue weighted by Crippen LogP contribution is 2.48. The van der Waals surface area contributed by atoms with Gasteiger partial charge in [0, 0.05) is 24.0 Å². The van der Waals surface area contributed by atoms with Crippen molar-refractivity contribution in [2.45, 2.75) is 38.8 Å². The van der Waals surface area contributed by atoms with Crippen LogP contribution in [0.2, 0.25) is 0 Å². The van der Waals surface area contributed by atoms with E-state index >= 15 is 0 Å². The summed E-state index contributed by atoms with van der Waals surface area (Å²) in [5, 5.41) is 5.32. The molecule has 1 atom stereocenters. The smallest absolute Gasteiger partial charge is 0.234 e. The van der Waals surface area contributed by atoms with Gasteiger partial charge in [-0.25, -0.2) is 0 Å². The van der Waals surface area contributed by atoms with Crippen molar-refractivity contribution in [2.75, 3.05) is 13.1 Å². The highest BCUT2D eigenvalue weighted by Gasteiger charge is 2.40. The summed E-state index contributed by atoms with van der Waals surface area (Å²) in [7, 11) is 0. The molecule has 2 heterocycles. The Balaban J connectivity index is 1.39. The second kappa shape index (κ2) is 6.69. The van der Waals surface area contributed by atoms with Crippen LogP contribution in [0.15, 0.2) is 35.7 Å². The van der Waals surface area contributed by atoms with Crippen LogP contribution in [0.3, 0.4) is 0 Å². The van der Waals surface area contributed by atoms with E-state index < -0.39 is 0 Å². The molecular weight excluding hydrogens is 316 g/mol.